The van der Waals surface area contributed by atoms with Crippen molar-refractivity contribution < 1.29 is 14.3 Å². The molecule has 5 nitrogen and oxygen atoms in total. The Balaban J connectivity index is 2.06. The molecule has 0 atom stereocenters. The third-order valence-electron chi connectivity index (χ3n) is 3.79. The molecule has 0 saturated carbocycles. The molecule has 0 aliphatic rings. The van der Waals surface area contributed by atoms with Crippen LogP contribution in [0.1, 0.15) is 25.0 Å². The molecule has 2 aromatic rings. The Labute approximate surface area is 160 Å². The normalized spacial score (nSPS) is 10.8. The van der Waals surface area contributed by atoms with Crippen molar-refractivity contribution in [3.63, 3.8) is 0 Å². The summed E-state index contributed by atoms with van der Waals surface area (Å²) in [6.45, 7) is 5.28. The molecule has 1 N–H and O–H groups in total. The predicted molar refractivity (Wildman–Crippen MR) is 106 cm³/mol. The molecule has 140 valence electrons. The third-order valence-corrected chi connectivity index (χ3v) is 3.79. The van der Waals surface area contributed by atoms with E-state index in [0.29, 0.717) is 43.2 Å². The molecule has 0 unspecified atom stereocenters. The van der Waals surface area contributed by atoms with Crippen LogP contribution in [0.5, 0.6) is 11.5 Å². The van der Waals surface area contributed by atoms with Crippen LogP contribution in [0.25, 0.3) is 6.08 Å². The Kier molecular flexibility index (Phi) is 7.92. The van der Waals surface area contributed by atoms with Crippen LogP contribution in [0, 0.1) is 11.3 Å². The summed E-state index contributed by atoms with van der Waals surface area (Å²) >= 11 is 0. The van der Waals surface area contributed by atoms with E-state index in [-0.39, 0.29) is 11.5 Å². The molecule has 0 spiro atoms. The maximum atomic E-state index is 12.3. The molecule has 0 radical (unpaired) electrons. The summed E-state index contributed by atoms with van der Waals surface area (Å²) in [5.74, 6) is 0.845. The lowest BCUT2D eigenvalue weighted by atomic mass is 10.1. The average molecular weight is 364 g/mol. The summed E-state index contributed by atoms with van der Waals surface area (Å²) in [6, 6.07) is 17.2. The fraction of sp³-hybridized carbons (Fsp3) is 0.273. The highest BCUT2D eigenvalue weighted by Crippen LogP contribution is 2.29. The molecule has 5 heteroatoms. The topological polar surface area (TPSA) is 71.3 Å². The van der Waals surface area contributed by atoms with Crippen LogP contribution in [0.4, 0.5) is 0 Å². The van der Waals surface area contributed by atoms with Gasteiger partial charge in [-0.25, -0.2) is 0 Å². The Hall–Kier alpha value is -3.26. The van der Waals surface area contributed by atoms with Gasteiger partial charge in [-0.2, -0.15) is 5.26 Å². The van der Waals surface area contributed by atoms with Gasteiger partial charge in [0.2, 0.25) is 0 Å². The van der Waals surface area contributed by atoms with E-state index in [9.17, 15) is 10.1 Å². The number of hydrogen-bond acceptors (Lipinski definition) is 4. The fourth-order valence-electron chi connectivity index (χ4n) is 2.53. The molecule has 27 heavy (non-hydrogen) atoms. The van der Waals surface area contributed by atoms with Crippen LogP contribution >= 0.6 is 0 Å². The second kappa shape index (κ2) is 10.7. The molecule has 0 heterocycles. The van der Waals surface area contributed by atoms with Crippen molar-refractivity contribution in [2.24, 2.45) is 0 Å². The van der Waals surface area contributed by atoms with Crippen LogP contribution in [-0.4, -0.2) is 25.7 Å². The summed E-state index contributed by atoms with van der Waals surface area (Å²) < 4.78 is 11.1. The lowest BCUT2D eigenvalue weighted by Crippen LogP contribution is -2.26. The minimum absolute atomic E-state index is 0.0506. The molecular formula is C22H24N2O3. The number of rotatable bonds is 9. The minimum atomic E-state index is -0.389. The number of nitrogens with one attached hydrogen (secondary N) is 1. The van der Waals surface area contributed by atoms with E-state index in [1.165, 1.54) is 0 Å². The molecule has 2 rings (SSSR count). The number of carbonyl (C=O) groups is 1. The zero-order valence-electron chi connectivity index (χ0n) is 15.7. The van der Waals surface area contributed by atoms with Gasteiger partial charge in [0, 0.05) is 6.54 Å². The molecular weight excluding hydrogens is 340 g/mol. The number of ether oxygens (including phenoxy) is 2. The smallest absolute Gasteiger partial charge is 0.261 e. The van der Waals surface area contributed by atoms with Gasteiger partial charge in [-0.3, -0.25) is 4.79 Å². The SMILES string of the molecule is CCOc1ccc(C=C(C#N)C(=O)NCCc2ccccc2)cc1OCC. The standard InChI is InChI=1S/C22H24N2O3/c1-3-26-20-11-10-18(15-21(20)27-4-2)14-19(16-23)22(25)24-13-12-17-8-6-5-7-9-17/h5-11,14-15H,3-4,12-13H2,1-2H3,(H,24,25). The number of nitrogens with zero attached hydrogens (tertiary/aromatic N) is 1. The van der Waals surface area contributed by atoms with Crippen LogP contribution < -0.4 is 14.8 Å². The Morgan fingerprint density at radius 1 is 1.07 bits per heavy atom. The third kappa shape index (κ3) is 6.19. The summed E-state index contributed by atoms with van der Waals surface area (Å²) in [7, 11) is 0. The average Bonchev–Trinajstić information content (AvgIpc) is 2.69. The van der Waals surface area contributed by atoms with Gasteiger partial charge in [-0.15, -0.1) is 0 Å². The highest BCUT2D eigenvalue weighted by molar-refractivity contribution is 6.01. The fourth-order valence-corrected chi connectivity index (χ4v) is 2.53. The van der Waals surface area contributed by atoms with E-state index in [2.05, 4.69) is 5.32 Å². The molecule has 0 bridgehead atoms. The monoisotopic (exact) mass is 364 g/mol. The maximum absolute atomic E-state index is 12.3. The number of amides is 1. The van der Waals surface area contributed by atoms with Crippen molar-refractivity contribution >= 4 is 12.0 Å². The Bertz CT molecular complexity index is 823. The van der Waals surface area contributed by atoms with Crippen molar-refractivity contribution in [3.05, 3.63) is 65.2 Å². The molecule has 0 aromatic heterocycles. The molecule has 0 aliphatic heterocycles. The first-order chi connectivity index (χ1) is 13.2. The van der Waals surface area contributed by atoms with Crippen molar-refractivity contribution in [1.82, 2.24) is 5.32 Å². The van der Waals surface area contributed by atoms with Gasteiger partial charge in [-0.05, 0) is 49.6 Å². The minimum Gasteiger partial charge on any atom is -0.490 e. The van der Waals surface area contributed by atoms with Crippen LogP contribution in [0.15, 0.2) is 54.1 Å². The summed E-state index contributed by atoms with van der Waals surface area (Å²) in [4.78, 5) is 12.3. The van der Waals surface area contributed by atoms with E-state index in [1.54, 1.807) is 24.3 Å². The zero-order chi connectivity index (χ0) is 19.5. The number of nitriles is 1. The highest BCUT2D eigenvalue weighted by atomic mass is 16.5. The van der Waals surface area contributed by atoms with Crippen LogP contribution in [0.3, 0.4) is 0 Å². The van der Waals surface area contributed by atoms with Gasteiger partial charge in [-0.1, -0.05) is 36.4 Å². The summed E-state index contributed by atoms with van der Waals surface area (Å²) in [6.07, 6.45) is 2.26. The second-order valence-corrected chi connectivity index (χ2v) is 5.73. The molecule has 2 aromatic carbocycles. The van der Waals surface area contributed by atoms with Crippen molar-refractivity contribution in [2.75, 3.05) is 19.8 Å². The first-order valence-corrected chi connectivity index (χ1v) is 9.01. The zero-order valence-corrected chi connectivity index (χ0v) is 15.7. The Morgan fingerprint density at radius 3 is 2.44 bits per heavy atom. The molecule has 0 fully saturated rings. The number of hydrogen-bond donors (Lipinski definition) is 1. The van der Waals surface area contributed by atoms with E-state index in [1.807, 2.05) is 50.2 Å². The van der Waals surface area contributed by atoms with Gasteiger partial charge in [0.25, 0.3) is 5.91 Å². The molecule has 0 saturated heterocycles. The van der Waals surface area contributed by atoms with Gasteiger partial charge in [0.1, 0.15) is 11.6 Å². The first kappa shape index (κ1) is 20.1. The van der Waals surface area contributed by atoms with Crippen LogP contribution in [0.2, 0.25) is 0 Å². The van der Waals surface area contributed by atoms with Crippen molar-refractivity contribution in [1.29, 1.82) is 5.26 Å². The Morgan fingerprint density at radius 2 is 1.78 bits per heavy atom. The highest BCUT2D eigenvalue weighted by Gasteiger charge is 2.10. The van der Waals surface area contributed by atoms with E-state index in [0.717, 1.165) is 5.56 Å². The van der Waals surface area contributed by atoms with Gasteiger partial charge >= 0.3 is 0 Å². The van der Waals surface area contributed by atoms with E-state index < -0.39 is 0 Å². The lowest BCUT2D eigenvalue weighted by Gasteiger charge is -2.11. The van der Waals surface area contributed by atoms with Crippen LogP contribution in [-0.2, 0) is 11.2 Å². The lowest BCUT2D eigenvalue weighted by molar-refractivity contribution is -0.117. The second-order valence-electron chi connectivity index (χ2n) is 5.73. The summed E-state index contributed by atoms with van der Waals surface area (Å²) in [5.41, 5.74) is 1.89. The van der Waals surface area contributed by atoms with E-state index >= 15 is 0 Å². The first-order valence-electron chi connectivity index (χ1n) is 9.01. The van der Waals surface area contributed by atoms with E-state index in [4.69, 9.17) is 9.47 Å². The predicted octanol–water partition coefficient (Wildman–Crippen LogP) is 3.75. The van der Waals surface area contributed by atoms with Gasteiger partial charge < -0.3 is 14.8 Å². The largest absolute Gasteiger partial charge is 0.490 e. The number of carbonyl (C=O) groups excluding carboxylic acids is 1. The number of benzene rings is 2. The molecule has 1 amide bonds. The van der Waals surface area contributed by atoms with Gasteiger partial charge in [0.05, 0.1) is 13.2 Å². The molecule has 0 aliphatic carbocycles. The van der Waals surface area contributed by atoms with Crippen molar-refractivity contribution in [2.45, 2.75) is 20.3 Å². The summed E-state index contributed by atoms with van der Waals surface area (Å²) in [5, 5.41) is 12.1. The van der Waals surface area contributed by atoms with Gasteiger partial charge in [0.15, 0.2) is 11.5 Å². The van der Waals surface area contributed by atoms with Crippen molar-refractivity contribution in [3.8, 4) is 17.6 Å². The maximum Gasteiger partial charge on any atom is 0.261 e. The quantitative estimate of drug-likeness (QED) is 0.543.